The van der Waals surface area contributed by atoms with Crippen LogP contribution < -0.4 is 0 Å². The lowest BCUT2D eigenvalue weighted by molar-refractivity contribution is -0.174. The zero-order chi connectivity index (χ0) is 15.7. The van der Waals surface area contributed by atoms with Crippen molar-refractivity contribution in [2.24, 2.45) is 0 Å². The van der Waals surface area contributed by atoms with Gasteiger partial charge in [-0.1, -0.05) is 0 Å². The van der Waals surface area contributed by atoms with Gasteiger partial charge in [-0.3, -0.25) is 0 Å². The second-order valence-corrected chi connectivity index (χ2v) is 7.64. The van der Waals surface area contributed by atoms with E-state index in [1.165, 1.54) is 0 Å². The summed E-state index contributed by atoms with van der Waals surface area (Å²) in [5.41, 5.74) is 0.586. The molecule has 5 nitrogen and oxygen atoms in total. The van der Waals surface area contributed by atoms with Crippen LogP contribution >= 0.6 is 34.2 Å². The molecule has 1 aliphatic heterocycles. The minimum absolute atomic E-state index is 0.0906. The number of hydrogen-bond donors (Lipinski definition) is 0. The van der Waals surface area contributed by atoms with Crippen molar-refractivity contribution in [3.05, 3.63) is 21.2 Å². The average molecular weight is 436 g/mol. The quantitative estimate of drug-likeness (QED) is 0.539. The average Bonchev–Trinajstić information content (AvgIpc) is 2.84. The van der Waals surface area contributed by atoms with Gasteiger partial charge in [0.25, 0.3) is 0 Å². The molecule has 0 bridgehead atoms. The van der Waals surface area contributed by atoms with Crippen LogP contribution in [0.25, 0.3) is 11.0 Å². The van der Waals surface area contributed by atoms with Gasteiger partial charge < -0.3 is 14.0 Å². The van der Waals surface area contributed by atoms with Gasteiger partial charge in [0.1, 0.15) is 5.65 Å². The Kier molecular flexibility index (Phi) is 4.92. The summed E-state index contributed by atoms with van der Waals surface area (Å²) in [6.45, 7) is 5.60. The van der Waals surface area contributed by atoms with E-state index in [9.17, 15) is 0 Å². The van der Waals surface area contributed by atoms with Crippen molar-refractivity contribution in [2.75, 3.05) is 13.2 Å². The Labute approximate surface area is 148 Å². The number of rotatable bonds is 4. The van der Waals surface area contributed by atoms with Crippen molar-refractivity contribution >= 4 is 45.2 Å². The first kappa shape index (κ1) is 16.4. The molecular weight excluding hydrogens is 417 g/mol. The lowest BCUT2D eigenvalue weighted by atomic mass is 10.1. The van der Waals surface area contributed by atoms with E-state index in [4.69, 9.17) is 21.1 Å². The van der Waals surface area contributed by atoms with Gasteiger partial charge in [0.2, 0.25) is 5.28 Å². The number of fused-ring (bicyclic) bond motifs is 1. The largest absolute Gasteiger partial charge is 0.353 e. The molecule has 0 amide bonds. The molecule has 1 unspecified atom stereocenters. The number of hydrogen-bond acceptors (Lipinski definition) is 4. The van der Waals surface area contributed by atoms with Gasteiger partial charge >= 0.3 is 0 Å². The number of halogens is 2. The van der Waals surface area contributed by atoms with Crippen LogP contribution in [0.5, 0.6) is 0 Å². The molecule has 3 heterocycles. The van der Waals surface area contributed by atoms with Crippen molar-refractivity contribution in [1.29, 1.82) is 0 Å². The van der Waals surface area contributed by atoms with E-state index in [0.717, 1.165) is 40.5 Å². The standard InChI is InChI=1S/C15H19ClIN3O2/c1-15(2,9-22-12-5-3-4-6-21-12)20-8-11(17)10-7-18-14(16)19-13(10)20/h7-8,12H,3-6,9H2,1-2H3. The van der Waals surface area contributed by atoms with E-state index >= 15 is 0 Å². The lowest BCUT2D eigenvalue weighted by Crippen LogP contribution is -2.35. The Morgan fingerprint density at radius 2 is 2.32 bits per heavy atom. The van der Waals surface area contributed by atoms with E-state index < -0.39 is 0 Å². The third kappa shape index (κ3) is 3.39. The van der Waals surface area contributed by atoms with E-state index in [1.807, 2.05) is 0 Å². The molecule has 3 rings (SSSR count). The Hall–Kier alpha value is -0.440. The maximum Gasteiger partial charge on any atom is 0.224 e. The van der Waals surface area contributed by atoms with Crippen LogP contribution in [0.2, 0.25) is 5.28 Å². The van der Waals surface area contributed by atoms with E-state index in [2.05, 4.69) is 57.2 Å². The summed E-state index contributed by atoms with van der Waals surface area (Å²) in [5.74, 6) is 0. The number of ether oxygens (including phenoxy) is 2. The highest BCUT2D eigenvalue weighted by molar-refractivity contribution is 14.1. The Morgan fingerprint density at radius 1 is 1.50 bits per heavy atom. The highest BCUT2D eigenvalue weighted by Gasteiger charge is 2.27. The van der Waals surface area contributed by atoms with E-state index in [0.29, 0.717) is 6.61 Å². The fourth-order valence-corrected chi connectivity index (χ4v) is 3.41. The van der Waals surface area contributed by atoms with Gasteiger partial charge in [0.05, 0.1) is 17.5 Å². The number of nitrogens with zero attached hydrogens (tertiary/aromatic N) is 3. The molecule has 1 saturated heterocycles. The second-order valence-electron chi connectivity index (χ2n) is 6.14. The van der Waals surface area contributed by atoms with Crippen LogP contribution in [0.3, 0.4) is 0 Å². The maximum absolute atomic E-state index is 5.97. The van der Waals surface area contributed by atoms with Crippen LogP contribution in [-0.2, 0) is 15.0 Å². The molecule has 0 saturated carbocycles. The van der Waals surface area contributed by atoms with E-state index in [-0.39, 0.29) is 17.1 Å². The predicted octanol–water partition coefficient (Wildman–Crippen LogP) is 3.97. The Balaban J connectivity index is 1.83. The molecular formula is C15H19ClIN3O2. The second kappa shape index (κ2) is 6.59. The molecule has 1 aliphatic rings. The van der Waals surface area contributed by atoms with Crippen LogP contribution in [0, 0.1) is 3.57 Å². The lowest BCUT2D eigenvalue weighted by Gasteiger charge is -2.31. The van der Waals surface area contributed by atoms with Gasteiger partial charge in [-0.15, -0.1) is 0 Å². The summed E-state index contributed by atoms with van der Waals surface area (Å²) in [5, 5.41) is 1.27. The summed E-state index contributed by atoms with van der Waals surface area (Å²) in [7, 11) is 0. The topological polar surface area (TPSA) is 49.2 Å². The molecule has 120 valence electrons. The zero-order valence-electron chi connectivity index (χ0n) is 12.7. The molecule has 22 heavy (non-hydrogen) atoms. The maximum atomic E-state index is 5.97. The van der Waals surface area contributed by atoms with Crippen molar-refractivity contribution in [2.45, 2.75) is 44.9 Å². The molecule has 1 atom stereocenters. The van der Waals surface area contributed by atoms with Gasteiger partial charge in [0, 0.05) is 22.6 Å². The van der Waals surface area contributed by atoms with Crippen molar-refractivity contribution in [1.82, 2.24) is 14.5 Å². The molecule has 2 aromatic heterocycles. The Bertz CT molecular complexity index is 668. The molecule has 0 radical (unpaired) electrons. The van der Waals surface area contributed by atoms with Gasteiger partial charge in [0.15, 0.2) is 6.29 Å². The smallest absolute Gasteiger partial charge is 0.224 e. The first-order chi connectivity index (χ1) is 10.5. The van der Waals surface area contributed by atoms with Crippen LogP contribution in [-0.4, -0.2) is 34.0 Å². The fraction of sp³-hybridized carbons (Fsp3) is 0.600. The molecule has 1 fully saturated rings. The molecule has 0 aromatic carbocycles. The minimum atomic E-state index is -0.250. The molecule has 0 aliphatic carbocycles. The summed E-state index contributed by atoms with van der Waals surface area (Å²) in [4.78, 5) is 8.45. The first-order valence-electron chi connectivity index (χ1n) is 7.40. The van der Waals surface area contributed by atoms with E-state index in [1.54, 1.807) is 6.20 Å². The first-order valence-corrected chi connectivity index (χ1v) is 8.86. The van der Waals surface area contributed by atoms with Gasteiger partial charge in [-0.05, 0) is 67.3 Å². The van der Waals surface area contributed by atoms with Gasteiger partial charge in [-0.25, -0.2) is 4.98 Å². The molecule has 0 spiro atoms. The monoisotopic (exact) mass is 435 g/mol. The minimum Gasteiger partial charge on any atom is -0.353 e. The zero-order valence-corrected chi connectivity index (χ0v) is 15.6. The highest BCUT2D eigenvalue weighted by Crippen LogP contribution is 2.29. The third-order valence-corrected chi connectivity index (χ3v) is 4.92. The normalized spacial score (nSPS) is 19.7. The predicted molar refractivity (Wildman–Crippen MR) is 94.1 cm³/mol. The summed E-state index contributed by atoms with van der Waals surface area (Å²) >= 11 is 8.25. The fourth-order valence-electron chi connectivity index (χ4n) is 2.62. The summed E-state index contributed by atoms with van der Waals surface area (Å²) in [6, 6.07) is 0. The van der Waals surface area contributed by atoms with Gasteiger partial charge in [-0.2, -0.15) is 4.98 Å². The summed E-state index contributed by atoms with van der Waals surface area (Å²) < 4.78 is 14.8. The van der Waals surface area contributed by atoms with Crippen LogP contribution in [0.15, 0.2) is 12.4 Å². The van der Waals surface area contributed by atoms with Crippen molar-refractivity contribution in [3.8, 4) is 0 Å². The van der Waals surface area contributed by atoms with Crippen molar-refractivity contribution < 1.29 is 9.47 Å². The molecule has 0 N–H and O–H groups in total. The Morgan fingerprint density at radius 3 is 3.05 bits per heavy atom. The number of aromatic nitrogens is 3. The van der Waals surface area contributed by atoms with Crippen molar-refractivity contribution in [3.63, 3.8) is 0 Å². The highest BCUT2D eigenvalue weighted by atomic mass is 127. The SMILES string of the molecule is CC(C)(COC1CCCCO1)n1cc(I)c2cnc(Cl)nc21. The van der Waals surface area contributed by atoms with Crippen LogP contribution in [0.1, 0.15) is 33.1 Å². The van der Waals surface area contributed by atoms with Crippen LogP contribution in [0.4, 0.5) is 0 Å². The molecule has 2 aromatic rings. The molecule has 7 heteroatoms. The third-order valence-electron chi connectivity index (χ3n) is 3.88. The summed E-state index contributed by atoms with van der Waals surface area (Å²) in [6.07, 6.45) is 7.00.